The zero-order valence-corrected chi connectivity index (χ0v) is 21.9. The van der Waals surface area contributed by atoms with Gasteiger partial charge in [-0.3, -0.25) is 0 Å². The van der Waals surface area contributed by atoms with Gasteiger partial charge in [-0.2, -0.15) is 0 Å². The predicted molar refractivity (Wildman–Crippen MR) is 148 cm³/mol. The predicted octanol–water partition coefficient (Wildman–Crippen LogP) is 8.62. The molecule has 0 fully saturated rings. The molecule has 0 amide bonds. The van der Waals surface area contributed by atoms with Gasteiger partial charge in [0.15, 0.2) is 6.20 Å². The van der Waals surface area contributed by atoms with Crippen LogP contribution in [0.2, 0.25) is 0 Å². The highest BCUT2D eigenvalue weighted by atomic mass is 16.3. The summed E-state index contributed by atoms with van der Waals surface area (Å²) in [6, 6.07) is 17.9. The number of hydrogen-bond acceptors (Lipinski definition) is 1. The first-order chi connectivity index (χ1) is 16.8. The van der Waals surface area contributed by atoms with Crippen LogP contribution in [-0.4, -0.2) is 0 Å². The van der Waals surface area contributed by atoms with Crippen LogP contribution in [0.4, 0.5) is 0 Å². The molecule has 35 heavy (non-hydrogen) atoms. The second-order valence-corrected chi connectivity index (χ2v) is 11.1. The molecule has 5 aromatic rings. The fourth-order valence-corrected chi connectivity index (χ4v) is 5.95. The molecule has 0 saturated carbocycles. The van der Waals surface area contributed by atoms with Crippen molar-refractivity contribution in [1.29, 1.82) is 0 Å². The molecule has 1 aliphatic rings. The third-order valence-electron chi connectivity index (χ3n) is 7.84. The van der Waals surface area contributed by atoms with E-state index in [1.165, 1.54) is 66.2 Å². The average molecular weight is 461 g/mol. The Bertz CT molecular complexity index is 1690. The van der Waals surface area contributed by atoms with Crippen LogP contribution in [0, 0.1) is 19.8 Å². The first kappa shape index (κ1) is 22.1. The molecule has 0 radical (unpaired) electrons. The van der Waals surface area contributed by atoms with Gasteiger partial charge in [0.25, 0.3) is 0 Å². The molecule has 0 N–H and O–H groups in total. The number of fused-ring (bicyclic) bond motifs is 3. The number of benzene rings is 3. The van der Waals surface area contributed by atoms with Gasteiger partial charge in [0, 0.05) is 22.4 Å². The second kappa shape index (κ2) is 7.81. The molecule has 2 aromatic heterocycles. The van der Waals surface area contributed by atoms with Crippen molar-refractivity contribution in [2.24, 2.45) is 13.0 Å². The lowest BCUT2D eigenvalue weighted by molar-refractivity contribution is -0.672. The normalized spacial score (nSPS) is 13.5. The van der Waals surface area contributed by atoms with Gasteiger partial charge in [0.1, 0.15) is 18.2 Å². The summed E-state index contributed by atoms with van der Waals surface area (Å²) in [4.78, 5) is 0. The van der Waals surface area contributed by atoms with E-state index < -0.39 is 0 Å². The first-order valence-electron chi connectivity index (χ1n) is 12.9. The van der Waals surface area contributed by atoms with Crippen molar-refractivity contribution >= 4 is 43.9 Å². The highest BCUT2D eigenvalue weighted by Gasteiger charge is 2.35. The minimum absolute atomic E-state index is 0.486. The zero-order chi connectivity index (χ0) is 24.6. The number of furan rings is 1. The lowest BCUT2D eigenvalue weighted by Gasteiger charge is -2.15. The van der Waals surface area contributed by atoms with Gasteiger partial charge in [-0.25, -0.2) is 4.57 Å². The maximum atomic E-state index is 6.64. The van der Waals surface area contributed by atoms with Crippen molar-refractivity contribution in [1.82, 2.24) is 0 Å². The summed E-state index contributed by atoms with van der Waals surface area (Å²) in [6.45, 7) is 13.8. The average Bonchev–Trinajstić information content (AvgIpc) is 3.33. The van der Waals surface area contributed by atoms with Gasteiger partial charge in [-0.1, -0.05) is 58.0 Å². The molecular weight excluding hydrogens is 426 g/mol. The van der Waals surface area contributed by atoms with Crippen LogP contribution in [-0.2, 0) is 7.05 Å². The standard InChI is InChI=1S/C33H34NO/c1-18(2)14-25-26-17-23(19(3)4)16-22-12-13-34(7)32(30(22)26)31(25)29-21(6)20(5)15-27-24-10-8-9-11-28(24)35-33(27)29/h8-13,15-19H,14H2,1-7H3/q+1. The SMILES string of the molecule is Cc1cc2c(oc3ccccc32)c(C2=C(CC(C)C)c3cc(C(C)C)cc4cc[n+](C)c2c34)c1C. The van der Waals surface area contributed by atoms with E-state index in [0.717, 1.165) is 17.6 Å². The Morgan fingerprint density at radius 3 is 2.43 bits per heavy atom. The molecule has 0 saturated heterocycles. The first-order valence-corrected chi connectivity index (χ1v) is 12.9. The van der Waals surface area contributed by atoms with Crippen molar-refractivity contribution in [2.75, 3.05) is 0 Å². The number of allylic oxidation sites excluding steroid dienone is 1. The van der Waals surface area contributed by atoms with Crippen LogP contribution >= 0.6 is 0 Å². The molecular formula is C33H34NO+. The Morgan fingerprint density at radius 1 is 0.914 bits per heavy atom. The van der Waals surface area contributed by atoms with Crippen molar-refractivity contribution in [3.63, 3.8) is 0 Å². The van der Waals surface area contributed by atoms with Crippen molar-refractivity contribution in [3.8, 4) is 0 Å². The van der Waals surface area contributed by atoms with E-state index in [4.69, 9.17) is 4.42 Å². The van der Waals surface area contributed by atoms with Crippen LogP contribution in [0.5, 0.6) is 0 Å². The fraction of sp³-hybridized carbons (Fsp3) is 0.303. The minimum Gasteiger partial charge on any atom is -0.455 e. The maximum absolute atomic E-state index is 6.64. The highest BCUT2D eigenvalue weighted by molar-refractivity contribution is 6.20. The van der Waals surface area contributed by atoms with Gasteiger partial charge >= 0.3 is 0 Å². The van der Waals surface area contributed by atoms with Crippen molar-refractivity contribution in [3.05, 3.63) is 88.2 Å². The van der Waals surface area contributed by atoms with E-state index in [1.807, 2.05) is 0 Å². The lowest BCUT2D eigenvalue weighted by Crippen LogP contribution is -2.32. The van der Waals surface area contributed by atoms with Gasteiger partial charge < -0.3 is 4.42 Å². The van der Waals surface area contributed by atoms with E-state index in [0.29, 0.717) is 11.8 Å². The summed E-state index contributed by atoms with van der Waals surface area (Å²) >= 11 is 0. The van der Waals surface area contributed by atoms with Crippen LogP contribution in [0.1, 0.15) is 73.5 Å². The summed E-state index contributed by atoms with van der Waals surface area (Å²) in [6.07, 6.45) is 3.26. The smallest absolute Gasteiger partial charge is 0.221 e. The molecule has 2 heterocycles. The molecule has 0 aliphatic heterocycles. The molecule has 1 aliphatic carbocycles. The maximum Gasteiger partial charge on any atom is 0.221 e. The molecule has 2 heteroatoms. The minimum atomic E-state index is 0.486. The fourth-order valence-electron chi connectivity index (χ4n) is 5.95. The largest absolute Gasteiger partial charge is 0.455 e. The van der Waals surface area contributed by atoms with E-state index in [2.05, 4.69) is 108 Å². The van der Waals surface area contributed by atoms with Gasteiger partial charge in [-0.15, -0.1) is 0 Å². The summed E-state index contributed by atoms with van der Waals surface area (Å²) in [5.41, 5.74) is 12.8. The van der Waals surface area contributed by atoms with Crippen LogP contribution in [0.15, 0.2) is 59.1 Å². The molecule has 3 aromatic carbocycles. The van der Waals surface area contributed by atoms with Crippen LogP contribution in [0.3, 0.4) is 0 Å². The monoisotopic (exact) mass is 460 g/mol. The van der Waals surface area contributed by atoms with Gasteiger partial charge in [0.2, 0.25) is 5.69 Å². The van der Waals surface area contributed by atoms with Crippen LogP contribution in [0.25, 0.3) is 43.9 Å². The Kier molecular flexibility index (Phi) is 4.93. The number of aromatic nitrogens is 1. The van der Waals surface area contributed by atoms with Crippen molar-refractivity contribution in [2.45, 2.75) is 53.9 Å². The Hall–Kier alpha value is -3.39. The lowest BCUT2D eigenvalue weighted by atomic mass is 9.87. The van der Waals surface area contributed by atoms with Crippen molar-refractivity contribution < 1.29 is 8.98 Å². The number of nitrogens with zero attached hydrogens (tertiary/aromatic N) is 1. The molecule has 0 spiro atoms. The molecule has 0 bridgehead atoms. The number of pyridine rings is 1. The number of hydrogen-bond donors (Lipinski definition) is 0. The van der Waals surface area contributed by atoms with E-state index in [1.54, 1.807) is 0 Å². The summed E-state index contributed by atoms with van der Waals surface area (Å²) < 4.78 is 8.96. The Labute approximate surface area is 207 Å². The van der Waals surface area contributed by atoms with Gasteiger partial charge in [0.05, 0.1) is 11.0 Å². The Balaban J connectivity index is 1.81. The summed E-state index contributed by atoms with van der Waals surface area (Å²) in [5, 5.41) is 5.12. The molecule has 0 unspecified atom stereocenters. The van der Waals surface area contributed by atoms with E-state index in [9.17, 15) is 0 Å². The molecule has 176 valence electrons. The second-order valence-electron chi connectivity index (χ2n) is 11.1. The molecule has 6 rings (SSSR count). The number of para-hydroxylation sites is 1. The molecule has 2 nitrogen and oxygen atoms in total. The Morgan fingerprint density at radius 2 is 1.69 bits per heavy atom. The van der Waals surface area contributed by atoms with Gasteiger partial charge in [-0.05, 0) is 77.4 Å². The zero-order valence-electron chi connectivity index (χ0n) is 21.9. The highest BCUT2D eigenvalue weighted by Crippen LogP contribution is 2.50. The van der Waals surface area contributed by atoms with Crippen LogP contribution < -0.4 is 4.57 Å². The summed E-state index contributed by atoms with van der Waals surface area (Å²) in [5.74, 6) is 1.04. The number of aryl methyl sites for hydroxylation is 2. The topological polar surface area (TPSA) is 17.0 Å². The van der Waals surface area contributed by atoms with E-state index >= 15 is 0 Å². The summed E-state index contributed by atoms with van der Waals surface area (Å²) in [7, 11) is 2.19. The third-order valence-corrected chi connectivity index (χ3v) is 7.84. The van der Waals surface area contributed by atoms with E-state index in [-0.39, 0.29) is 0 Å². The third kappa shape index (κ3) is 3.19. The number of rotatable bonds is 4. The quantitative estimate of drug-likeness (QED) is 0.245. The molecule has 0 atom stereocenters.